The molecule has 0 spiro atoms. The van der Waals surface area contributed by atoms with E-state index in [1.807, 2.05) is 24.8 Å². The minimum absolute atomic E-state index is 0.0461. The number of halogens is 1. The first-order chi connectivity index (χ1) is 8.41. The van der Waals surface area contributed by atoms with Gasteiger partial charge in [0.1, 0.15) is 16.2 Å². The van der Waals surface area contributed by atoms with Crippen LogP contribution in [0.2, 0.25) is 0 Å². The molecule has 2 heterocycles. The van der Waals surface area contributed by atoms with Crippen LogP contribution in [-0.4, -0.2) is 42.5 Å². The summed E-state index contributed by atoms with van der Waals surface area (Å²) in [4.78, 5) is 10.8. The Labute approximate surface area is 116 Å². The van der Waals surface area contributed by atoms with E-state index < -0.39 is 9.84 Å². The lowest BCUT2D eigenvalue weighted by atomic mass is 10.3. The molecule has 1 fully saturated rings. The van der Waals surface area contributed by atoms with Crippen LogP contribution < -0.4 is 4.90 Å². The van der Waals surface area contributed by atoms with Crippen LogP contribution in [0.5, 0.6) is 0 Å². The van der Waals surface area contributed by atoms with Crippen molar-refractivity contribution in [3.05, 3.63) is 16.5 Å². The van der Waals surface area contributed by atoms with E-state index in [1.54, 1.807) is 0 Å². The zero-order chi connectivity index (χ0) is 13.3. The molecule has 100 valence electrons. The highest BCUT2D eigenvalue weighted by molar-refractivity contribution is 9.10. The Balaban J connectivity index is 2.29. The van der Waals surface area contributed by atoms with Gasteiger partial charge in [0.15, 0.2) is 9.84 Å². The van der Waals surface area contributed by atoms with Crippen LogP contribution in [0.4, 0.5) is 5.82 Å². The molecule has 0 bridgehead atoms. The molecule has 1 aliphatic heterocycles. The summed E-state index contributed by atoms with van der Waals surface area (Å²) in [6.45, 7) is 4.41. The number of aryl methyl sites for hydroxylation is 1. The summed E-state index contributed by atoms with van der Waals surface area (Å²) >= 11 is 3.37. The Bertz CT molecular complexity index is 547. The minimum Gasteiger partial charge on any atom is -0.352 e. The lowest BCUT2D eigenvalue weighted by Gasteiger charge is -2.34. The number of rotatable bonds is 2. The summed E-state index contributed by atoms with van der Waals surface area (Å²) in [5, 5.41) is 0. The molecule has 1 aromatic heterocycles. The van der Waals surface area contributed by atoms with Crippen molar-refractivity contribution in [2.75, 3.05) is 23.0 Å². The monoisotopic (exact) mass is 333 g/mol. The molecule has 0 aliphatic carbocycles. The van der Waals surface area contributed by atoms with Crippen molar-refractivity contribution in [2.24, 2.45) is 0 Å². The van der Waals surface area contributed by atoms with Crippen LogP contribution in [0.25, 0.3) is 0 Å². The number of nitrogens with zero attached hydrogens (tertiary/aromatic N) is 3. The van der Waals surface area contributed by atoms with Gasteiger partial charge in [-0.3, -0.25) is 0 Å². The van der Waals surface area contributed by atoms with Gasteiger partial charge in [-0.15, -0.1) is 0 Å². The molecule has 1 aliphatic rings. The molecule has 0 amide bonds. The highest BCUT2D eigenvalue weighted by Gasteiger charge is 2.29. The van der Waals surface area contributed by atoms with E-state index in [-0.39, 0.29) is 17.5 Å². The van der Waals surface area contributed by atoms with Crippen LogP contribution in [-0.2, 0) is 16.3 Å². The van der Waals surface area contributed by atoms with Crippen LogP contribution in [0.1, 0.15) is 19.7 Å². The predicted molar refractivity (Wildman–Crippen MR) is 74.6 cm³/mol. The normalized spacial score (nSPS) is 23.1. The molecule has 0 aromatic carbocycles. The van der Waals surface area contributed by atoms with Crippen molar-refractivity contribution in [2.45, 2.75) is 26.3 Å². The van der Waals surface area contributed by atoms with E-state index in [1.165, 1.54) is 0 Å². The first kappa shape index (κ1) is 13.7. The lowest BCUT2D eigenvalue weighted by Crippen LogP contribution is -2.47. The van der Waals surface area contributed by atoms with Crippen molar-refractivity contribution in [3.8, 4) is 0 Å². The summed E-state index contributed by atoms with van der Waals surface area (Å²) in [6.07, 6.45) is 0.757. The van der Waals surface area contributed by atoms with Gasteiger partial charge >= 0.3 is 0 Å². The number of sulfone groups is 1. The maximum atomic E-state index is 11.6. The second kappa shape index (κ2) is 5.13. The Kier molecular flexibility index (Phi) is 3.91. The minimum atomic E-state index is -2.90. The third kappa shape index (κ3) is 3.00. The summed E-state index contributed by atoms with van der Waals surface area (Å²) in [5.74, 6) is 1.95. The summed E-state index contributed by atoms with van der Waals surface area (Å²) in [5.41, 5.74) is 0. The summed E-state index contributed by atoms with van der Waals surface area (Å²) in [7, 11) is -2.90. The van der Waals surface area contributed by atoms with Crippen molar-refractivity contribution in [3.63, 3.8) is 0 Å². The second-order valence-electron chi connectivity index (χ2n) is 4.48. The number of hydrogen-bond donors (Lipinski definition) is 0. The maximum Gasteiger partial charge on any atom is 0.154 e. The fraction of sp³-hybridized carbons (Fsp3) is 0.636. The molecule has 2 rings (SSSR count). The van der Waals surface area contributed by atoms with E-state index in [0.717, 1.165) is 22.7 Å². The summed E-state index contributed by atoms with van der Waals surface area (Å²) in [6, 6.07) is 1.79. The molecular weight excluding hydrogens is 318 g/mol. The van der Waals surface area contributed by atoms with Gasteiger partial charge in [0.2, 0.25) is 0 Å². The van der Waals surface area contributed by atoms with Crippen molar-refractivity contribution < 1.29 is 8.42 Å². The third-order valence-electron chi connectivity index (χ3n) is 3.01. The topological polar surface area (TPSA) is 63.2 Å². The van der Waals surface area contributed by atoms with Crippen LogP contribution in [0.3, 0.4) is 0 Å². The quantitative estimate of drug-likeness (QED) is 0.766. The Morgan fingerprint density at radius 2 is 2.22 bits per heavy atom. The molecule has 1 aromatic rings. The molecule has 7 heteroatoms. The predicted octanol–water partition coefficient (Wildman–Crippen LogP) is 1.42. The van der Waals surface area contributed by atoms with E-state index in [4.69, 9.17) is 0 Å². The molecule has 1 unspecified atom stereocenters. The van der Waals surface area contributed by atoms with Gasteiger partial charge in [-0.1, -0.05) is 6.92 Å². The Morgan fingerprint density at radius 3 is 2.83 bits per heavy atom. The summed E-state index contributed by atoms with van der Waals surface area (Å²) < 4.78 is 23.9. The average Bonchev–Trinajstić information content (AvgIpc) is 2.26. The zero-order valence-corrected chi connectivity index (χ0v) is 12.8. The van der Waals surface area contributed by atoms with Crippen molar-refractivity contribution in [1.29, 1.82) is 0 Å². The number of anilines is 1. The van der Waals surface area contributed by atoms with Gasteiger partial charge < -0.3 is 4.90 Å². The van der Waals surface area contributed by atoms with E-state index in [2.05, 4.69) is 25.9 Å². The van der Waals surface area contributed by atoms with Gasteiger partial charge in [0.25, 0.3) is 0 Å². The number of aromatic nitrogens is 2. The van der Waals surface area contributed by atoms with Gasteiger partial charge in [0.05, 0.1) is 11.5 Å². The lowest BCUT2D eigenvalue weighted by molar-refractivity contribution is 0.566. The zero-order valence-electron chi connectivity index (χ0n) is 10.4. The van der Waals surface area contributed by atoms with Gasteiger partial charge in [0, 0.05) is 25.1 Å². The number of hydrogen-bond acceptors (Lipinski definition) is 5. The van der Waals surface area contributed by atoms with Crippen molar-refractivity contribution >= 4 is 31.6 Å². The molecule has 1 atom stereocenters. The van der Waals surface area contributed by atoms with E-state index in [0.29, 0.717) is 6.54 Å². The average molecular weight is 334 g/mol. The molecule has 0 saturated carbocycles. The third-order valence-corrected chi connectivity index (χ3v) is 5.21. The van der Waals surface area contributed by atoms with Crippen LogP contribution >= 0.6 is 15.9 Å². The molecule has 0 N–H and O–H groups in total. The van der Waals surface area contributed by atoms with Gasteiger partial charge in [-0.25, -0.2) is 18.4 Å². The smallest absolute Gasteiger partial charge is 0.154 e. The standard InChI is InChI=1S/C11H16BrN3O2S/c1-3-10-13-9(12)6-11(14-10)15-4-5-18(16,17)7-8(15)2/h6,8H,3-5,7H2,1-2H3. The largest absolute Gasteiger partial charge is 0.352 e. The van der Waals surface area contributed by atoms with E-state index >= 15 is 0 Å². The molecule has 0 radical (unpaired) electrons. The Morgan fingerprint density at radius 1 is 1.50 bits per heavy atom. The fourth-order valence-corrected chi connectivity index (χ4v) is 4.06. The molecule has 1 saturated heterocycles. The van der Waals surface area contributed by atoms with Gasteiger partial charge in [-0.05, 0) is 22.9 Å². The van der Waals surface area contributed by atoms with E-state index in [9.17, 15) is 8.42 Å². The van der Waals surface area contributed by atoms with Crippen LogP contribution in [0.15, 0.2) is 10.7 Å². The first-order valence-electron chi connectivity index (χ1n) is 5.92. The highest BCUT2D eigenvalue weighted by atomic mass is 79.9. The molecule has 18 heavy (non-hydrogen) atoms. The van der Waals surface area contributed by atoms with Crippen molar-refractivity contribution in [1.82, 2.24) is 9.97 Å². The molecule has 5 nitrogen and oxygen atoms in total. The Hall–Kier alpha value is -0.690. The molecular formula is C11H16BrN3O2S. The SMILES string of the molecule is CCc1nc(Br)cc(N2CCS(=O)(=O)CC2C)n1. The van der Waals surface area contributed by atoms with Crippen LogP contribution in [0, 0.1) is 0 Å². The second-order valence-corrected chi connectivity index (χ2v) is 7.52. The first-order valence-corrected chi connectivity index (χ1v) is 8.53. The highest BCUT2D eigenvalue weighted by Crippen LogP contribution is 2.22. The maximum absolute atomic E-state index is 11.6. The van der Waals surface area contributed by atoms with Gasteiger partial charge in [-0.2, -0.15) is 0 Å². The fourth-order valence-electron chi connectivity index (χ4n) is 2.10.